The molecule has 0 aliphatic carbocycles. The van der Waals surface area contributed by atoms with Gasteiger partial charge in [0.25, 0.3) is 0 Å². The number of hydrogen-bond donors (Lipinski definition) is 1. The summed E-state index contributed by atoms with van der Waals surface area (Å²) < 4.78 is 5.65. The summed E-state index contributed by atoms with van der Waals surface area (Å²) in [7, 11) is 0. The third kappa shape index (κ3) is 2.47. The van der Waals surface area contributed by atoms with Crippen molar-refractivity contribution in [1.29, 1.82) is 0 Å². The van der Waals surface area contributed by atoms with Crippen molar-refractivity contribution in [2.45, 2.75) is 6.54 Å². The number of halogens is 1. The molecule has 1 heterocycles. The second-order valence-corrected chi connectivity index (χ2v) is 5.00. The molecule has 98 valence electrons. The first-order valence-corrected chi connectivity index (χ1v) is 6.62. The second kappa shape index (κ2) is 5.02. The van der Waals surface area contributed by atoms with E-state index in [0.29, 0.717) is 17.3 Å². The Kier molecular flexibility index (Phi) is 3.22. The summed E-state index contributed by atoms with van der Waals surface area (Å²) in [5.74, 6) is 0.940. The van der Waals surface area contributed by atoms with Crippen LogP contribution in [0.2, 0.25) is 5.02 Å². The number of fused-ring (bicyclic) bond motifs is 1. The average molecular weight is 275 g/mol. The van der Waals surface area contributed by atoms with Crippen LogP contribution >= 0.6 is 11.6 Å². The first-order valence-electron chi connectivity index (χ1n) is 6.25. The zero-order valence-corrected chi connectivity index (χ0v) is 11.2. The minimum atomic E-state index is 0.603. The predicted molar refractivity (Wildman–Crippen MR) is 78.9 cm³/mol. The van der Waals surface area contributed by atoms with Crippen molar-refractivity contribution in [2.24, 2.45) is 0 Å². The van der Waals surface area contributed by atoms with E-state index in [2.05, 4.69) is 11.0 Å². The molecular weight excluding hydrogens is 260 g/mol. The van der Waals surface area contributed by atoms with Gasteiger partial charge in [0, 0.05) is 6.54 Å². The third-order valence-electron chi connectivity index (χ3n) is 3.26. The standard InChI is InChI=1S/C15H15ClN2O/c16-12-6-5-11(9-13(12)17)10-18-7-8-19-15-4-2-1-3-14(15)18/h1-6,9H,7-8,10,17H2. The Labute approximate surface area is 117 Å². The maximum Gasteiger partial charge on any atom is 0.142 e. The Bertz CT molecular complexity index is 600. The molecule has 3 rings (SSSR count). The average Bonchev–Trinajstić information content (AvgIpc) is 2.43. The lowest BCUT2D eigenvalue weighted by Gasteiger charge is -2.31. The van der Waals surface area contributed by atoms with E-state index in [1.54, 1.807) is 0 Å². The summed E-state index contributed by atoms with van der Waals surface area (Å²) in [5, 5.41) is 0.603. The summed E-state index contributed by atoms with van der Waals surface area (Å²) >= 11 is 5.95. The Morgan fingerprint density at radius 2 is 2.05 bits per heavy atom. The Hall–Kier alpha value is -1.87. The molecule has 0 amide bonds. The highest BCUT2D eigenvalue weighted by molar-refractivity contribution is 6.33. The normalized spacial score (nSPS) is 13.8. The van der Waals surface area contributed by atoms with Crippen molar-refractivity contribution in [1.82, 2.24) is 0 Å². The Balaban J connectivity index is 1.86. The zero-order valence-electron chi connectivity index (χ0n) is 10.5. The van der Waals surface area contributed by atoms with Gasteiger partial charge in [0.1, 0.15) is 12.4 Å². The van der Waals surface area contributed by atoms with Gasteiger partial charge in [0.15, 0.2) is 0 Å². The molecule has 2 N–H and O–H groups in total. The molecule has 2 aromatic carbocycles. The highest BCUT2D eigenvalue weighted by atomic mass is 35.5. The van der Waals surface area contributed by atoms with E-state index < -0.39 is 0 Å². The number of nitrogen functional groups attached to an aromatic ring is 1. The minimum absolute atomic E-state index is 0.603. The highest BCUT2D eigenvalue weighted by Gasteiger charge is 2.17. The van der Waals surface area contributed by atoms with Gasteiger partial charge < -0.3 is 15.4 Å². The number of rotatable bonds is 2. The molecule has 3 nitrogen and oxygen atoms in total. The van der Waals surface area contributed by atoms with E-state index in [1.807, 2.05) is 36.4 Å². The van der Waals surface area contributed by atoms with E-state index in [0.717, 1.165) is 30.1 Å². The lowest BCUT2D eigenvalue weighted by atomic mass is 10.1. The molecule has 0 unspecified atom stereocenters. The van der Waals surface area contributed by atoms with Gasteiger partial charge in [-0.25, -0.2) is 0 Å². The van der Waals surface area contributed by atoms with Crippen LogP contribution in [0.4, 0.5) is 11.4 Å². The van der Waals surface area contributed by atoms with Crippen LogP contribution in [-0.4, -0.2) is 13.2 Å². The Morgan fingerprint density at radius 3 is 2.89 bits per heavy atom. The maximum atomic E-state index is 5.95. The van der Waals surface area contributed by atoms with Crippen LogP contribution in [0.1, 0.15) is 5.56 Å². The summed E-state index contributed by atoms with van der Waals surface area (Å²) in [6, 6.07) is 13.9. The number of anilines is 2. The molecule has 0 spiro atoms. The molecule has 0 bridgehead atoms. The van der Waals surface area contributed by atoms with Crippen LogP contribution in [0.25, 0.3) is 0 Å². The molecule has 4 heteroatoms. The number of nitrogens with two attached hydrogens (primary N) is 1. The van der Waals surface area contributed by atoms with Crippen LogP contribution in [0, 0.1) is 0 Å². The molecule has 0 atom stereocenters. The fraction of sp³-hybridized carbons (Fsp3) is 0.200. The topological polar surface area (TPSA) is 38.5 Å². The van der Waals surface area contributed by atoms with Crippen molar-refractivity contribution < 1.29 is 4.74 Å². The van der Waals surface area contributed by atoms with Gasteiger partial charge in [0.2, 0.25) is 0 Å². The maximum absolute atomic E-state index is 5.95. The quantitative estimate of drug-likeness (QED) is 0.854. The molecule has 1 aliphatic heterocycles. The molecule has 0 radical (unpaired) electrons. The van der Waals surface area contributed by atoms with Crippen LogP contribution in [-0.2, 0) is 6.54 Å². The van der Waals surface area contributed by atoms with Crippen LogP contribution in [0.5, 0.6) is 5.75 Å². The van der Waals surface area contributed by atoms with Gasteiger partial charge in [-0.15, -0.1) is 0 Å². The first kappa shape index (κ1) is 12.2. The van der Waals surface area contributed by atoms with Crippen LogP contribution < -0.4 is 15.4 Å². The van der Waals surface area contributed by atoms with Crippen molar-refractivity contribution in [2.75, 3.05) is 23.8 Å². The monoisotopic (exact) mass is 274 g/mol. The van der Waals surface area contributed by atoms with Gasteiger partial charge in [0.05, 0.1) is 22.9 Å². The molecule has 0 saturated heterocycles. The number of ether oxygens (including phenoxy) is 1. The van der Waals surface area contributed by atoms with Gasteiger partial charge in [-0.05, 0) is 29.8 Å². The van der Waals surface area contributed by atoms with Crippen molar-refractivity contribution in [3.05, 3.63) is 53.1 Å². The van der Waals surface area contributed by atoms with E-state index in [1.165, 1.54) is 0 Å². The van der Waals surface area contributed by atoms with E-state index in [-0.39, 0.29) is 0 Å². The number of hydrogen-bond acceptors (Lipinski definition) is 3. The molecular formula is C15H15ClN2O. The fourth-order valence-electron chi connectivity index (χ4n) is 2.30. The van der Waals surface area contributed by atoms with Crippen molar-refractivity contribution >= 4 is 23.0 Å². The minimum Gasteiger partial charge on any atom is -0.490 e. The molecule has 2 aromatic rings. The van der Waals surface area contributed by atoms with E-state index in [9.17, 15) is 0 Å². The fourth-order valence-corrected chi connectivity index (χ4v) is 2.42. The molecule has 0 fully saturated rings. The smallest absolute Gasteiger partial charge is 0.142 e. The Morgan fingerprint density at radius 1 is 1.21 bits per heavy atom. The van der Waals surface area contributed by atoms with Crippen molar-refractivity contribution in [3.8, 4) is 5.75 Å². The second-order valence-electron chi connectivity index (χ2n) is 4.59. The summed E-state index contributed by atoms with van der Waals surface area (Å²) in [5.41, 5.74) is 8.75. The number of para-hydroxylation sites is 2. The van der Waals surface area contributed by atoms with Crippen molar-refractivity contribution in [3.63, 3.8) is 0 Å². The first-order chi connectivity index (χ1) is 9.24. The zero-order chi connectivity index (χ0) is 13.2. The molecule has 19 heavy (non-hydrogen) atoms. The van der Waals surface area contributed by atoms with E-state index in [4.69, 9.17) is 22.1 Å². The van der Waals surface area contributed by atoms with Gasteiger partial charge in [-0.3, -0.25) is 0 Å². The summed E-state index contributed by atoms with van der Waals surface area (Å²) in [4.78, 5) is 2.29. The molecule has 1 aliphatic rings. The number of nitrogens with zero attached hydrogens (tertiary/aromatic N) is 1. The molecule has 0 aromatic heterocycles. The van der Waals surface area contributed by atoms with Gasteiger partial charge >= 0.3 is 0 Å². The van der Waals surface area contributed by atoms with Gasteiger partial charge in [-0.1, -0.05) is 29.8 Å². The van der Waals surface area contributed by atoms with E-state index >= 15 is 0 Å². The predicted octanol–water partition coefficient (Wildman–Crippen LogP) is 3.32. The SMILES string of the molecule is Nc1cc(CN2CCOc3ccccc32)ccc1Cl. The summed E-state index contributed by atoms with van der Waals surface area (Å²) in [6.45, 7) is 2.39. The highest BCUT2D eigenvalue weighted by Crippen LogP contribution is 2.32. The molecule has 0 saturated carbocycles. The lowest BCUT2D eigenvalue weighted by Crippen LogP contribution is -2.32. The third-order valence-corrected chi connectivity index (χ3v) is 3.60. The van der Waals surface area contributed by atoms with Crippen LogP contribution in [0.15, 0.2) is 42.5 Å². The lowest BCUT2D eigenvalue weighted by molar-refractivity contribution is 0.307. The van der Waals surface area contributed by atoms with Crippen LogP contribution in [0.3, 0.4) is 0 Å². The largest absolute Gasteiger partial charge is 0.490 e. The summed E-state index contributed by atoms with van der Waals surface area (Å²) in [6.07, 6.45) is 0. The van der Waals surface area contributed by atoms with Gasteiger partial charge in [-0.2, -0.15) is 0 Å². The number of benzene rings is 2.